The number of nitrogens with one attached hydrogen (secondary N) is 1. The highest BCUT2D eigenvalue weighted by Gasteiger charge is 2.15. The Bertz CT molecular complexity index is 692. The smallest absolute Gasteiger partial charge is 0.193 e. The number of hydrogen-bond donors (Lipinski definition) is 2. The summed E-state index contributed by atoms with van der Waals surface area (Å²) in [4.78, 5) is 6.60. The molecule has 0 bridgehead atoms. The first-order valence-corrected chi connectivity index (χ1v) is 7.66. The van der Waals surface area contributed by atoms with Gasteiger partial charge in [-0.15, -0.1) is 24.0 Å². The SMILES string of the molecule is Cc1ccc(NC(N)=NCC(c2cnn(C)c2)N(C)C)cc1C.I. The van der Waals surface area contributed by atoms with Crippen molar-refractivity contribution in [2.75, 3.05) is 26.0 Å². The lowest BCUT2D eigenvalue weighted by Gasteiger charge is -2.21. The fraction of sp³-hybridized carbons (Fsp3) is 0.412. The van der Waals surface area contributed by atoms with Gasteiger partial charge in [-0.3, -0.25) is 9.67 Å². The zero-order chi connectivity index (χ0) is 17.0. The lowest BCUT2D eigenvalue weighted by molar-refractivity contribution is 0.306. The van der Waals surface area contributed by atoms with Crippen molar-refractivity contribution in [1.82, 2.24) is 14.7 Å². The lowest BCUT2D eigenvalue weighted by Crippen LogP contribution is -2.27. The minimum Gasteiger partial charge on any atom is -0.370 e. The van der Waals surface area contributed by atoms with Crippen LogP contribution < -0.4 is 11.1 Å². The van der Waals surface area contributed by atoms with E-state index in [4.69, 9.17) is 5.73 Å². The van der Waals surface area contributed by atoms with Crippen LogP contribution in [0.25, 0.3) is 0 Å². The Morgan fingerprint density at radius 2 is 2.04 bits per heavy atom. The third kappa shape index (κ3) is 5.48. The first-order valence-electron chi connectivity index (χ1n) is 7.66. The zero-order valence-electron chi connectivity index (χ0n) is 14.9. The van der Waals surface area contributed by atoms with Crippen molar-refractivity contribution in [1.29, 1.82) is 0 Å². The fourth-order valence-corrected chi connectivity index (χ4v) is 2.37. The monoisotopic (exact) mass is 442 g/mol. The molecule has 0 saturated heterocycles. The number of aliphatic imine (C=N–C) groups is 1. The van der Waals surface area contributed by atoms with Gasteiger partial charge in [-0.05, 0) is 51.2 Å². The molecule has 0 fully saturated rings. The molecule has 132 valence electrons. The molecule has 1 unspecified atom stereocenters. The second-order valence-corrected chi connectivity index (χ2v) is 6.08. The van der Waals surface area contributed by atoms with Crippen LogP contribution in [-0.2, 0) is 7.05 Å². The van der Waals surface area contributed by atoms with Crippen molar-refractivity contribution in [2.24, 2.45) is 17.8 Å². The molecule has 0 aliphatic rings. The molecule has 7 heteroatoms. The third-order valence-corrected chi connectivity index (χ3v) is 3.95. The predicted molar refractivity (Wildman–Crippen MR) is 111 cm³/mol. The number of aromatic nitrogens is 2. The number of benzene rings is 1. The largest absolute Gasteiger partial charge is 0.370 e. The molecule has 2 aromatic rings. The summed E-state index contributed by atoms with van der Waals surface area (Å²) in [5.74, 6) is 0.420. The average molecular weight is 442 g/mol. The molecule has 0 radical (unpaired) electrons. The number of hydrogen-bond acceptors (Lipinski definition) is 3. The van der Waals surface area contributed by atoms with Crippen LogP contribution in [-0.4, -0.2) is 41.3 Å². The third-order valence-electron chi connectivity index (χ3n) is 3.95. The van der Waals surface area contributed by atoms with E-state index in [0.29, 0.717) is 12.5 Å². The summed E-state index contributed by atoms with van der Waals surface area (Å²) in [6, 6.07) is 6.30. The van der Waals surface area contributed by atoms with E-state index < -0.39 is 0 Å². The van der Waals surface area contributed by atoms with Crippen molar-refractivity contribution in [3.8, 4) is 0 Å². The number of rotatable bonds is 5. The molecule has 0 aliphatic heterocycles. The van der Waals surface area contributed by atoms with Crippen molar-refractivity contribution < 1.29 is 0 Å². The van der Waals surface area contributed by atoms with Gasteiger partial charge in [0.1, 0.15) is 0 Å². The van der Waals surface area contributed by atoms with Crippen LogP contribution in [0, 0.1) is 13.8 Å². The molecule has 6 nitrogen and oxygen atoms in total. The van der Waals surface area contributed by atoms with E-state index in [1.807, 2.05) is 39.6 Å². The Morgan fingerprint density at radius 1 is 1.33 bits per heavy atom. The van der Waals surface area contributed by atoms with Gasteiger partial charge in [-0.1, -0.05) is 6.07 Å². The van der Waals surface area contributed by atoms with E-state index in [0.717, 1.165) is 11.3 Å². The van der Waals surface area contributed by atoms with Gasteiger partial charge in [0.05, 0.1) is 18.8 Å². The molecule has 24 heavy (non-hydrogen) atoms. The molecule has 1 aromatic heterocycles. The van der Waals surface area contributed by atoms with E-state index in [2.05, 4.69) is 46.3 Å². The summed E-state index contributed by atoms with van der Waals surface area (Å²) < 4.78 is 1.80. The number of nitrogens with two attached hydrogens (primary N) is 1. The summed E-state index contributed by atoms with van der Waals surface area (Å²) in [7, 11) is 5.97. The second kappa shape index (κ2) is 9.03. The van der Waals surface area contributed by atoms with E-state index >= 15 is 0 Å². The van der Waals surface area contributed by atoms with Gasteiger partial charge >= 0.3 is 0 Å². The Labute approximate surface area is 161 Å². The first-order chi connectivity index (χ1) is 10.9. The van der Waals surface area contributed by atoms with Gasteiger partial charge in [0, 0.05) is 24.5 Å². The number of aryl methyl sites for hydroxylation is 3. The molecular weight excluding hydrogens is 415 g/mol. The van der Waals surface area contributed by atoms with Gasteiger partial charge in [0.15, 0.2) is 5.96 Å². The van der Waals surface area contributed by atoms with Gasteiger partial charge in [-0.25, -0.2) is 0 Å². The van der Waals surface area contributed by atoms with Gasteiger partial charge in [0.25, 0.3) is 0 Å². The number of halogens is 1. The van der Waals surface area contributed by atoms with Crippen LogP contribution in [0.4, 0.5) is 5.69 Å². The summed E-state index contributed by atoms with van der Waals surface area (Å²) in [5.41, 5.74) is 10.6. The highest BCUT2D eigenvalue weighted by atomic mass is 127. The highest BCUT2D eigenvalue weighted by molar-refractivity contribution is 14.0. The van der Waals surface area contributed by atoms with E-state index in [9.17, 15) is 0 Å². The summed E-state index contributed by atoms with van der Waals surface area (Å²) >= 11 is 0. The summed E-state index contributed by atoms with van der Waals surface area (Å²) in [6.45, 7) is 4.74. The van der Waals surface area contributed by atoms with Crippen molar-refractivity contribution in [3.63, 3.8) is 0 Å². The number of anilines is 1. The molecule has 0 spiro atoms. The minimum atomic E-state index is 0. The minimum absolute atomic E-state index is 0. The van der Waals surface area contributed by atoms with E-state index in [1.165, 1.54) is 11.1 Å². The molecule has 0 aliphatic carbocycles. The maximum absolute atomic E-state index is 6.03. The van der Waals surface area contributed by atoms with Crippen molar-refractivity contribution in [3.05, 3.63) is 47.3 Å². The van der Waals surface area contributed by atoms with Gasteiger partial charge in [-0.2, -0.15) is 5.10 Å². The standard InChI is InChI=1S/C17H26N6.HI/c1-12-6-7-15(8-13(12)2)21-17(18)19-10-16(22(3)4)14-9-20-23(5)11-14;/h6-9,11,16H,10H2,1-5H3,(H3,18,19,21);1H. The van der Waals surface area contributed by atoms with Gasteiger partial charge < -0.3 is 16.0 Å². The fourth-order valence-electron chi connectivity index (χ4n) is 2.37. The summed E-state index contributed by atoms with van der Waals surface area (Å²) in [6.07, 6.45) is 3.88. The van der Waals surface area contributed by atoms with Gasteiger partial charge in [0.2, 0.25) is 0 Å². The average Bonchev–Trinajstić information content (AvgIpc) is 2.89. The molecule has 2 rings (SSSR count). The molecule has 0 saturated carbocycles. The van der Waals surface area contributed by atoms with Crippen LogP contribution in [0.2, 0.25) is 0 Å². The number of nitrogens with zero attached hydrogens (tertiary/aromatic N) is 4. The second-order valence-electron chi connectivity index (χ2n) is 6.08. The van der Waals surface area contributed by atoms with Crippen LogP contribution in [0.15, 0.2) is 35.6 Å². The lowest BCUT2D eigenvalue weighted by atomic mass is 10.1. The normalized spacial score (nSPS) is 12.8. The predicted octanol–water partition coefficient (Wildman–Crippen LogP) is 2.68. The van der Waals surface area contributed by atoms with Crippen molar-refractivity contribution in [2.45, 2.75) is 19.9 Å². The molecule has 1 heterocycles. The van der Waals surface area contributed by atoms with Crippen molar-refractivity contribution >= 4 is 35.6 Å². The molecule has 0 amide bonds. The number of guanidine groups is 1. The summed E-state index contributed by atoms with van der Waals surface area (Å²) in [5, 5.41) is 7.38. The maximum Gasteiger partial charge on any atom is 0.193 e. The van der Waals surface area contributed by atoms with Crippen LogP contribution >= 0.6 is 24.0 Å². The maximum atomic E-state index is 6.03. The Kier molecular flexibility index (Phi) is 7.68. The zero-order valence-corrected chi connectivity index (χ0v) is 17.3. The van der Waals surface area contributed by atoms with Crippen LogP contribution in [0.3, 0.4) is 0 Å². The molecule has 1 aromatic carbocycles. The topological polar surface area (TPSA) is 71.5 Å². The molecule has 1 atom stereocenters. The molecular formula is C17H27IN6. The Hall–Kier alpha value is -1.61. The van der Waals surface area contributed by atoms with E-state index in [1.54, 1.807) is 4.68 Å². The van der Waals surface area contributed by atoms with E-state index in [-0.39, 0.29) is 30.0 Å². The first kappa shape index (κ1) is 20.4. The Balaban J connectivity index is 0.00000288. The Morgan fingerprint density at radius 3 is 2.58 bits per heavy atom. The van der Waals surface area contributed by atoms with Crippen LogP contribution in [0.1, 0.15) is 22.7 Å². The van der Waals surface area contributed by atoms with Crippen LogP contribution in [0.5, 0.6) is 0 Å². The number of likely N-dealkylation sites (N-methyl/N-ethyl adjacent to an activating group) is 1. The molecule has 3 N–H and O–H groups in total. The quantitative estimate of drug-likeness (QED) is 0.425. The highest BCUT2D eigenvalue weighted by Crippen LogP contribution is 2.18.